The van der Waals surface area contributed by atoms with Crippen LogP contribution in [0.1, 0.15) is 58.4 Å². The van der Waals surface area contributed by atoms with E-state index in [4.69, 9.17) is 0 Å². The number of hydrogen-bond acceptors (Lipinski definition) is 3. The molecule has 0 aromatic heterocycles. The van der Waals surface area contributed by atoms with E-state index in [1.165, 1.54) is 30.6 Å². The Morgan fingerprint density at radius 1 is 0.839 bits per heavy atom. The molecule has 2 aliphatic heterocycles. The van der Waals surface area contributed by atoms with Crippen LogP contribution in [0.5, 0.6) is 0 Å². The molecule has 3 amide bonds. The number of carbonyl (C=O) groups excluding carboxylic acids is 3. The first kappa shape index (κ1) is 20.0. The second kappa shape index (κ2) is 8.29. The summed E-state index contributed by atoms with van der Waals surface area (Å²) in [6, 6.07) is 15.7. The van der Waals surface area contributed by atoms with Crippen LogP contribution < -0.4 is 0 Å². The normalized spacial score (nSPS) is 24.0. The third-order valence-corrected chi connectivity index (χ3v) is 7.30. The first-order valence-corrected chi connectivity index (χ1v) is 11.4. The quantitative estimate of drug-likeness (QED) is 0.710. The van der Waals surface area contributed by atoms with E-state index < -0.39 is 6.04 Å². The van der Waals surface area contributed by atoms with Crippen molar-refractivity contribution in [2.24, 2.45) is 11.8 Å². The molecule has 160 valence electrons. The van der Waals surface area contributed by atoms with Gasteiger partial charge in [-0.1, -0.05) is 61.7 Å². The molecule has 2 heterocycles. The fourth-order valence-corrected chi connectivity index (χ4v) is 5.63. The van der Waals surface area contributed by atoms with Crippen LogP contribution in [-0.2, 0) is 11.2 Å². The number of fused-ring (bicyclic) bond motifs is 2. The molecule has 5 heteroatoms. The molecule has 0 unspecified atom stereocenters. The average molecular weight is 417 g/mol. The Balaban J connectivity index is 1.44. The molecule has 2 aromatic carbocycles. The summed E-state index contributed by atoms with van der Waals surface area (Å²) in [6.45, 7) is 1.46. The van der Waals surface area contributed by atoms with Gasteiger partial charge in [-0.3, -0.25) is 19.3 Å². The molecule has 1 saturated carbocycles. The zero-order chi connectivity index (χ0) is 21.4. The van der Waals surface area contributed by atoms with Gasteiger partial charge in [0.15, 0.2) is 0 Å². The number of nitrogens with zero attached hydrogens (tertiary/aromatic N) is 2. The van der Waals surface area contributed by atoms with E-state index in [0.29, 0.717) is 35.9 Å². The van der Waals surface area contributed by atoms with Crippen LogP contribution >= 0.6 is 0 Å². The number of piperidine rings is 1. The summed E-state index contributed by atoms with van der Waals surface area (Å²) >= 11 is 0. The van der Waals surface area contributed by atoms with Crippen molar-refractivity contribution < 1.29 is 14.4 Å². The summed E-state index contributed by atoms with van der Waals surface area (Å²) < 4.78 is 0. The maximum atomic E-state index is 13.8. The number of likely N-dealkylation sites (tertiary alicyclic amines) is 1. The van der Waals surface area contributed by atoms with Crippen molar-refractivity contribution in [1.29, 1.82) is 0 Å². The zero-order valence-corrected chi connectivity index (χ0v) is 17.7. The molecule has 1 aliphatic carbocycles. The Bertz CT molecular complexity index is 968. The number of rotatable bonds is 4. The number of hydrogen-bond donors (Lipinski definition) is 0. The fourth-order valence-electron chi connectivity index (χ4n) is 5.63. The van der Waals surface area contributed by atoms with E-state index in [9.17, 15) is 14.4 Å². The Kier molecular flexibility index (Phi) is 5.34. The van der Waals surface area contributed by atoms with Gasteiger partial charge in [0, 0.05) is 19.5 Å². The molecule has 5 rings (SSSR count). The van der Waals surface area contributed by atoms with Crippen LogP contribution in [0.4, 0.5) is 0 Å². The smallest absolute Gasteiger partial charge is 0.262 e. The molecule has 3 aliphatic rings. The summed E-state index contributed by atoms with van der Waals surface area (Å²) in [5.74, 6) is 0.447. The van der Waals surface area contributed by atoms with Crippen LogP contribution in [0.3, 0.4) is 0 Å². The SMILES string of the molecule is O=C([C@H](Cc1ccccc1)N1C(=O)c2ccccc2C1=O)N1CC[C@H]2CCCC[C@@H]2C1. The van der Waals surface area contributed by atoms with Crippen molar-refractivity contribution in [1.82, 2.24) is 9.80 Å². The minimum atomic E-state index is -0.810. The van der Waals surface area contributed by atoms with Gasteiger partial charge in [-0.2, -0.15) is 0 Å². The molecule has 31 heavy (non-hydrogen) atoms. The van der Waals surface area contributed by atoms with E-state index in [1.54, 1.807) is 24.3 Å². The highest BCUT2D eigenvalue weighted by Gasteiger charge is 2.45. The second-order valence-corrected chi connectivity index (χ2v) is 9.11. The van der Waals surface area contributed by atoms with Crippen LogP contribution in [0.15, 0.2) is 54.6 Å². The van der Waals surface area contributed by atoms with E-state index in [1.807, 2.05) is 35.2 Å². The Morgan fingerprint density at radius 2 is 1.45 bits per heavy atom. The van der Waals surface area contributed by atoms with E-state index in [2.05, 4.69) is 0 Å². The van der Waals surface area contributed by atoms with E-state index >= 15 is 0 Å². The van der Waals surface area contributed by atoms with Crippen LogP contribution in [0.2, 0.25) is 0 Å². The average Bonchev–Trinajstić information content (AvgIpc) is 3.07. The van der Waals surface area contributed by atoms with Crippen molar-refractivity contribution in [3.8, 4) is 0 Å². The Morgan fingerprint density at radius 3 is 2.13 bits per heavy atom. The maximum absolute atomic E-state index is 13.8. The van der Waals surface area contributed by atoms with Gasteiger partial charge >= 0.3 is 0 Å². The van der Waals surface area contributed by atoms with Gasteiger partial charge in [-0.15, -0.1) is 0 Å². The highest BCUT2D eigenvalue weighted by Crippen LogP contribution is 2.37. The first-order chi connectivity index (χ1) is 15.1. The summed E-state index contributed by atoms with van der Waals surface area (Å²) in [5.41, 5.74) is 1.73. The summed E-state index contributed by atoms with van der Waals surface area (Å²) in [7, 11) is 0. The molecule has 0 radical (unpaired) electrons. The van der Waals surface area contributed by atoms with Gasteiger partial charge in [0.25, 0.3) is 11.8 Å². The third-order valence-electron chi connectivity index (χ3n) is 7.30. The topological polar surface area (TPSA) is 57.7 Å². The van der Waals surface area contributed by atoms with E-state index in [0.717, 1.165) is 18.5 Å². The Labute approximate surface area is 183 Å². The van der Waals surface area contributed by atoms with Crippen molar-refractivity contribution in [3.63, 3.8) is 0 Å². The predicted octanol–water partition coefficient (Wildman–Crippen LogP) is 3.93. The molecular weight excluding hydrogens is 388 g/mol. The zero-order valence-electron chi connectivity index (χ0n) is 17.7. The van der Waals surface area contributed by atoms with Crippen molar-refractivity contribution in [2.75, 3.05) is 13.1 Å². The molecule has 1 saturated heterocycles. The Hall–Kier alpha value is -2.95. The number of benzene rings is 2. The van der Waals surface area contributed by atoms with Crippen LogP contribution in [0.25, 0.3) is 0 Å². The van der Waals surface area contributed by atoms with E-state index in [-0.39, 0.29) is 17.7 Å². The molecule has 0 spiro atoms. The van der Waals surface area contributed by atoms with Gasteiger partial charge in [0.1, 0.15) is 6.04 Å². The van der Waals surface area contributed by atoms with Crippen molar-refractivity contribution in [2.45, 2.75) is 44.6 Å². The minimum absolute atomic E-state index is 0.0950. The molecule has 0 bridgehead atoms. The minimum Gasteiger partial charge on any atom is -0.341 e. The predicted molar refractivity (Wildman–Crippen MR) is 118 cm³/mol. The second-order valence-electron chi connectivity index (χ2n) is 9.11. The number of carbonyl (C=O) groups is 3. The molecule has 2 fully saturated rings. The summed E-state index contributed by atoms with van der Waals surface area (Å²) in [5, 5.41) is 0. The van der Waals surface area contributed by atoms with Gasteiger partial charge < -0.3 is 4.90 Å². The molecular formula is C26H28N2O3. The highest BCUT2D eigenvalue weighted by molar-refractivity contribution is 6.22. The van der Waals surface area contributed by atoms with Gasteiger partial charge in [-0.05, 0) is 42.4 Å². The molecule has 3 atom stereocenters. The molecule has 5 nitrogen and oxygen atoms in total. The van der Waals surface area contributed by atoms with Crippen molar-refractivity contribution in [3.05, 3.63) is 71.3 Å². The fraction of sp³-hybridized carbons (Fsp3) is 0.423. The first-order valence-electron chi connectivity index (χ1n) is 11.4. The van der Waals surface area contributed by atoms with Crippen LogP contribution in [-0.4, -0.2) is 46.7 Å². The lowest BCUT2D eigenvalue weighted by Crippen LogP contribution is -2.55. The van der Waals surface area contributed by atoms with Gasteiger partial charge in [-0.25, -0.2) is 0 Å². The van der Waals surface area contributed by atoms with Gasteiger partial charge in [0.2, 0.25) is 5.91 Å². The lowest BCUT2D eigenvalue weighted by molar-refractivity contribution is -0.138. The third kappa shape index (κ3) is 3.67. The monoisotopic (exact) mass is 416 g/mol. The largest absolute Gasteiger partial charge is 0.341 e. The number of amides is 3. The molecule has 0 N–H and O–H groups in total. The molecule has 2 aromatic rings. The van der Waals surface area contributed by atoms with Gasteiger partial charge in [0.05, 0.1) is 11.1 Å². The summed E-state index contributed by atoms with van der Waals surface area (Å²) in [4.78, 5) is 43.3. The van der Waals surface area contributed by atoms with Crippen LogP contribution in [0, 0.1) is 11.8 Å². The number of imide groups is 1. The highest BCUT2D eigenvalue weighted by atomic mass is 16.2. The standard InChI is InChI=1S/C26H28N2O3/c29-24-21-12-6-7-13-22(21)25(30)28(24)23(16-18-8-2-1-3-9-18)26(31)27-15-14-19-10-4-5-11-20(19)17-27/h1-3,6-9,12-13,19-20,23H,4-5,10-11,14-17H2/t19-,20-,23+/m1/s1. The maximum Gasteiger partial charge on any atom is 0.262 e. The summed E-state index contributed by atoms with van der Waals surface area (Å²) in [6.07, 6.45) is 6.32. The lowest BCUT2D eigenvalue weighted by Gasteiger charge is -2.43. The van der Waals surface area contributed by atoms with Crippen molar-refractivity contribution >= 4 is 17.7 Å². The lowest BCUT2D eigenvalue weighted by atomic mass is 9.75.